The van der Waals surface area contributed by atoms with Crippen molar-refractivity contribution in [2.24, 2.45) is 0 Å². The number of alkyl halides is 1. The van der Waals surface area contributed by atoms with Gasteiger partial charge in [-0.25, -0.2) is 22.3 Å². The molecule has 0 radical (unpaired) electrons. The van der Waals surface area contributed by atoms with Crippen molar-refractivity contribution in [3.05, 3.63) is 11.9 Å². The summed E-state index contributed by atoms with van der Waals surface area (Å²) in [4.78, 5) is 7.71. The average molecular weight is 345 g/mol. The number of halogens is 1. The van der Waals surface area contributed by atoms with Crippen LogP contribution in [0, 0.1) is 0 Å². The van der Waals surface area contributed by atoms with E-state index in [9.17, 15) is 17.9 Å². The highest BCUT2D eigenvalue weighted by Gasteiger charge is 2.48. The predicted octanol–water partition coefficient (Wildman–Crippen LogP) is -0.339. The Kier molecular flexibility index (Phi) is 3.54. The minimum absolute atomic E-state index is 0.000892. The fourth-order valence-corrected chi connectivity index (χ4v) is 3.15. The number of sulfone groups is 1. The number of nitrogens with two attached hydrogens (primary N) is 1. The van der Waals surface area contributed by atoms with Crippen LogP contribution in [0.4, 0.5) is 10.2 Å². The molecule has 1 saturated heterocycles. The zero-order chi connectivity index (χ0) is 17.0. The lowest BCUT2D eigenvalue weighted by atomic mass is 9.96. The monoisotopic (exact) mass is 345 g/mol. The molecule has 3 atom stereocenters. The Balaban J connectivity index is 2.18. The quantitative estimate of drug-likeness (QED) is 0.772. The van der Waals surface area contributed by atoms with Crippen molar-refractivity contribution >= 4 is 21.3 Å². The molecular weight excluding hydrogens is 329 g/mol. The second-order valence-corrected chi connectivity index (χ2v) is 7.68. The first kappa shape index (κ1) is 16.0. The third kappa shape index (κ3) is 2.64. The maximum Gasteiger partial charge on any atom is 0.267 e. The smallest absolute Gasteiger partial charge is 0.267 e. The number of aromatic nitrogens is 4. The number of imidazole rings is 1. The molecule has 0 saturated carbocycles. The van der Waals surface area contributed by atoms with Gasteiger partial charge in [0, 0.05) is 12.7 Å². The number of anilines is 1. The number of hydrogen-bond acceptors (Lipinski definition) is 8. The molecule has 0 amide bonds. The Bertz CT molecular complexity index is 866. The van der Waals surface area contributed by atoms with Crippen molar-refractivity contribution in [3.8, 4) is 0 Å². The molecule has 0 spiro atoms. The number of fused-ring (bicyclic) bond motifs is 1. The summed E-state index contributed by atoms with van der Waals surface area (Å²) in [5.74, 6) is -0.135. The maximum atomic E-state index is 14.8. The van der Waals surface area contributed by atoms with Crippen molar-refractivity contribution in [1.82, 2.24) is 19.6 Å². The molecule has 0 bridgehead atoms. The Morgan fingerprint density at radius 1 is 1.61 bits per heavy atom. The van der Waals surface area contributed by atoms with Crippen LogP contribution in [0.15, 0.2) is 11.4 Å². The van der Waals surface area contributed by atoms with Crippen LogP contribution >= 0.6 is 0 Å². The third-order valence-corrected chi connectivity index (χ3v) is 4.54. The Morgan fingerprint density at radius 3 is 2.87 bits per heavy atom. The van der Waals surface area contributed by atoms with Gasteiger partial charge in [0.2, 0.25) is 9.84 Å². The molecule has 11 heteroatoms. The van der Waals surface area contributed by atoms with Crippen LogP contribution in [-0.2, 0) is 14.6 Å². The number of aliphatic hydroxyl groups is 1. The summed E-state index contributed by atoms with van der Waals surface area (Å²) in [6.07, 6.45) is 0.540. The topological polar surface area (TPSA) is 133 Å². The lowest BCUT2D eigenvalue weighted by Crippen LogP contribution is -2.24. The largest absolute Gasteiger partial charge is 0.394 e. The number of hydrogen-bond donors (Lipinski definition) is 2. The summed E-state index contributed by atoms with van der Waals surface area (Å²) in [6, 6.07) is 0. The Labute approximate surface area is 131 Å². The van der Waals surface area contributed by atoms with Crippen LogP contribution in [-0.4, -0.2) is 57.7 Å². The molecule has 3 heterocycles. The molecule has 2 aromatic rings. The molecular formula is C12H16FN5O4S. The molecule has 1 fully saturated rings. The van der Waals surface area contributed by atoms with E-state index in [1.165, 1.54) is 13.1 Å². The second kappa shape index (κ2) is 5.08. The number of rotatable bonds is 3. The molecule has 0 aliphatic carbocycles. The van der Waals surface area contributed by atoms with Gasteiger partial charge in [-0.3, -0.25) is 0 Å². The first-order valence-corrected chi connectivity index (χ1v) is 8.69. The van der Waals surface area contributed by atoms with Crippen molar-refractivity contribution in [3.63, 3.8) is 0 Å². The molecule has 1 aliphatic heterocycles. The van der Waals surface area contributed by atoms with Crippen LogP contribution in [0.5, 0.6) is 0 Å². The number of ether oxygens (including phenoxy) is 1. The van der Waals surface area contributed by atoms with Gasteiger partial charge in [-0.2, -0.15) is 4.98 Å². The number of nitrogens with zero attached hydrogens (tertiary/aromatic N) is 4. The Morgan fingerprint density at radius 2 is 2.30 bits per heavy atom. The normalized spacial score (nSPS) is 28.5. The van der Waals surface area contributed by atoms with E-state index in [-0.39, 0.29) is 30.2 Å². The van der Waals surface area contributed by atoms with Gasteiger partial charge in [-0.15, -0.1) is 5.10 Å². The fourth-order valence-electron chi connectivity index (χ4n) is 2.66. The minimum atomic E-state index is -3.70. The molecule has 9 nitrogen and oxygen atoms in total. The first-order chi connectivity index (χ1) is 10.6. The highest BCUT2D eigenvalue weighted by molar-refractivity contribution is 7.90. The molecule has 1 aliphatic rings. The second-order valence-electron chi connectivity index (χ2n) is 5.77. The average Bonchev–Trinajstić information content (AvgIpc) is 2.98. The molecule has 0 aromatic carbocycles. The van der Waals surface area contributed by atoms with Crippen molar-refractivity contribution in [2.45, 2.75) is 36.4 Å². The van der Waals surface area contributed by atoms with E-state index in [1.54, 1.807) is 0 Å². The molecule has 0 unspecified atom stereocenters. The maximum absolute atomic E-state index is 14.8. The fraction of sp³-hybridized carbons (Fsp3) is 0.583. The molecule has 23 heavy (non-hydrogen) atoms. The van der Waals surface area contributed by atoms with Crippen LogP contribution < -0.4 is 5.73 Å². The molecule has 3 rings (SSSR count). The number of aliphatic hydroxyl groups excluding tert-OH is 1. The SMILES string of the molecule is C[C@@]1(F)C[C@@H](CO)O[C@H]1c1cnc2c(N)nc(S(C)(=O)=O)nn12. The molecule has 2 aromatic heterocycles. The van der Waals surface area contributed by atoms with Crippen LogP contribution in [0.25, 0.3) is 5.65 Å². The zero-order valence-electron chi connectivity index (χ0n) is 12.5. The highest BCUT2D eigenvalue weighted by atomic mass is 32.2. The van der Waals surface area contributed by atoms with Crippen molar-refractivity contribution < 1.29 is 22.7 Å². The van der Waals surface area contributed by atoms with Gasteiger partial charge in [0.1, 0.15) is 11.8 Å². The van der Waals surface area contributed by atoms with Crippen LogP contribution in [0.3, 0.4) is 0 Å². The molecule has 126 valence electrons. The third-order valence-electron chi connectivity index (χ3n) is 3.70. The van der Waals surface area contributed by atoms with Gasteiger partial charge >= 0.3 is 0 Å². The lowest BCUT2D eigenvalue weighted by molar-refractivity contribution is -0.0196. The highest BCUT2D eigenvalue weighted by Crippen LogP contribution is 2.44. The summed E-state index contributed by atoms with van der Waals surface area (Å²) in [5.41, 5.74) is 4.26. The van der Waals surface area contributed by atoms with Gasteiger partial charge in [0.15, 0.2) is 11.5 Å². The zero-order valence-corrected chi connectivity index (χ0v) is 13.3. The van der Waals surface area contributed by atoms with E-state index in [4.69, 9.17) is 10.5 Å². The van der Waals surface area contributed by atoms with Crippen LogP contribution in [0.1, 0.15) is 25.1 Å². The van der Waals surface area contributed by atoms with Crippen molar-refractivity contribution in [2.75, 3.05) is 18.6 Å². The minimum Gasteiger partial charge on any atom is -0.394 e. The first-order valence-electron chi connectivity index (χ1n) is 6.80. The van der Waals surface area contributed by atoms with E-state index in [1.807, 2.05) is 0 Å². The van der Waals surface area contributed by atoms with Crippen molar-refractivity contribution in [1.29, 1.82) is 0 Å². The van der Waals surface area contributed by atoms with Gasteiger partial charge in [0.05, 0.1) is 24.6 Å². The predicted molar refractivity (Wildman–Crippen MR) is 77.1 cm³/mol. The van der Waals surface area contributed by atoms with E-state index in [2.05, 4.69) is 15.1 Å². The summed E-state index contributed by atoms with van der Waals surface area (Å²) in [7, 11) is -3.70. The summed E-state index contributed by atoms with van der Waals surface area (Å²) in [6.45, 7) is 1.02. The lowest BCUT2D eigenvalue weighted by Gasteiger charge is -2.20. The van der Waals surface area contributed by atoms with Gasteiger partial charge < -0.3 is 15.6 Å². The van der Waals surface area contributed by atoms with E-state index in [0.717, 1.165) is 10.8 Å². The summed E-state index contributed by atoms with van der Waals surface area (Å²) in [5, 5.41) is 12.6. The Hall–Kier alpha value is -1.85. The van der Waals surface area contributed by atoms with E-state index < -0.39 is 32.9 Å². The summed E-state index contributed by atoms with van der Waals surface area (Å²) < 4.78 is 44.7. The number of nitrogen functional groups attached to an aromatic ring is 1. The van der Waals surface area contributed by atoms with E-state index >= 15 is 0 Å². The van der Waals surface area contributed by atoms with Gasteiger partial charge in [-0.05, 0) is 6.92 Å². The van der Waals surface area contributed by atoms with E-state index in [0.29, 0.717) is 0 Å². The molecule has 3 N–H and O–H groups in total. The van der Waals surface area contributed by atoms with Crippen LogP contribution in [0.2, 0.25) is 0 Å². The summed E-state index contributed by atoms with van der Waals surface area (Å²) >= 11 is 0. The van der Waals surface area contributed by atoms with Gasteiger partial charge in [-0.1, -0.05) is 0 Å². The standard InChI is InChI=1S/C12H16FN5O4S/c1-12(13)3-6(5-19)22-8(12)7-4-15-10-9(14)16-11(17-18(7)10)23(2,20)21/h4,6,8,19H,3,5H2,1-2H3,(H2,14,16,17)/t6-,8-,12+/m0/s1. The van der Waals surface area contributed by atoms with Gasteiger partial charge in [0.25, 0.3) is 5.16 Å².